The van der Waals surface area contributed by atoms with Gasteiger partial charge in [0.05, 0.1) is 4.47 Å². The zero-order chi connectivity index (χ0) is 19.0. The van der Waals surface area contributed by atoms with Crippen molar-refractivity contribution < 1.29 is 14.3 Å². The first-order valence-corrected chi connectivity index (χ1v) is 9.28. The van der Waals surface area contributed by atoms with Gasteiger partial charge in [0.15, 0.2) is 0 Å². The number of aromatic nitrogens is 3. The maximum absolute atomic E-state index is 13.4. The van der Waals surface area contributed by atoms with Crippen LogP contribution in [0.25, 0.3) is 10.9 Å². The van der Waals surface area contributed by atoms with Crippen LogP contribution in [0.1, 0.15) is 11.6 Å². The normalized spacial score (nSPS) is 16.6. The van der Waals surface area contributed by atoms with Crippen LogP contribution in [0.5, 0.6) is 0 Å². The van der Waals surface area contributed by atoms with E-state index in [2.05, 4.69) is 30.9 Å². The summed E-state index contributed by atoms with van der Waals surface area (Å²) >= 11 is 3.32. The van der Waals surface area contributed by atoms with Crippen LogP contribution in [0.2, 0.25) is 0 Å². The molecule has 2 aromatic heterocycles. The molecule has 1 saturated heterocycles. The number of aromatic amines is 1. The molecule has 3 aromatic rings. The molecule has 1 unspecified atom stereocenters. The minimum absolute atomic E-state index is 0.356. The Labute approximate surface area is 163 Å². The van der Waals surface area contributed by atoms with Gasteiger partial charge >= 0.3 is 5.97 Å². The third-order valence-electron chi connectivity index (χ3n) is 4.77. The second kappa shape index (κ2) is 7.24. The van der Waals surface area contributed by atoms with E-state index in [1.807, 2.05) is 9.80 Å². The van der Waals surface area contributed by atoms with Gasteiger partial charge in [-0.25, -0.2) is 14.4 Å². The van der Waals surface area contributed by atoms with Gasteiger partial charge in [0, 0.05) is 61.2 Å². The van der Waals surface area contributed by atoms with Crippen LogP contribution in [-0.4, -0.2) is 57.1 Å². The summed E-state index contributed by atoms with van der Waals surface area (Å²) in [7, 11) is 0. The highest BCUT2D eigenvalue weighted by Gasteiger charge is 2.32. The fourth-order valence-corrected chi connectivity index (χ4v) is 3.69. The minimum atomic E-state index is -0.923. The number of nitrogens with zero attached hydrogens (tertiary/aromatic N) is 4. The Morgan fingerprint density at radius 1 is 1.22 bits per heavy atom. The number of carbonyl (C=O) groups is 1. The van der Waals surface area contributed by atoms with Crippen molar-refractivity contribution in [1.82, 2.24) is 19.9 Å². The highest BCUT2D eigenvalue weighted by molar-refractivity contribution is 9.10. The Morgan fingerprint density at radius 3 is 2.59 bits per heavy atom. The second-order valence-electron chi connectivity index (χ2n) is 6.40. The number of anilines is 1. The summed E-state index contributed by atoms with van der Waals surface area (Å²) in [5.74, 6) is -0.647. The van der Waals surface area contributed by atoms with Crippen molar-refractivity contribution in [2.75, 3.05) is 31.1 Å². The standard InChI is InChI=1S/C18H17BrFN5O2/c19-11-8-22-18(23-9-11)25-5-3-24(4-6-25)16(17(26)27)14-10-21-15-7-12(20)1-2-13(14)15/h1-2,7-10,16,21H,3-6H2,(H,26,27). The summed E-state index contributed by atoms with van der Waals surface area (Å²) in [6.07, 6.45) is 5.05. The van der Waals surface area contributed by atoms with Gasteiger partial charge in [-0.3, -0.25) is 9.69 Å². The van der Waals surface area contributed by atoms with Crippen LogP contribution in [0, 0.1) is 5.82 Å². The van der Waals surface area contributed by atoms with Crippen molar-refractivity contribution in [3.05, 3.63) is 52.6 Å². The zero-order valence-corrected chi connectivity index (χ0v) is 15.9. The molecule has 2 N–H and O–H groups in total. The summed E-state index contributed by atoms with van der Waals surface area (Å²) in [4.78, 5) is 27.6. The largest absolute Gasteiger partial charge is 0.480 e. The van der Waals surface area contributed by atoms with Gasteiger partial charge in [-0.05, 0) is 34.1 Å². The van der Waals surface area contributed by atoms with Crippen molar-refractivity contribution in [3.63, 3.8) is 0 Å². The molecule has 0 bridgehead atoms. The molecule has 7 nitrogen and oxygen atoms in total. The van der Waals surface area contributed by atoms with Gasteiger partial charge < -0.3 is 15.0 Å². The Hall–Kier alpha value is -2.52. The number of carboxylic acids is 1. The summed E-state index contributed by atoms with van der Waals surface area (Å²) < 4.78 is 14.2. The van der Waals surface area contributed by atoms with Gasteiger partial charge in [-0.15, -0.1) is 0 Å². The molecule has 1 aliphatic heterocycles. The fraction of sp³-hybridized carbons (Fsp3) is 0.278. The van der Waals surface area contributed by atoms with E-state index in [9.17, 15) is 14.3 Å². The molecule has 4 rings (SSSR count). The number of halogens is 2. The van der Waals surface area contributed by atoms with Gasteiger partial charge in [-0.2, -0.15) is 0 Å². The number of piperazine rings is 1. The van der Waals surface area contributed by atoms with E-state index in [0.717, 1.165) is 9.86 Å². The molecule has 0 amide bonds. The lowest BCUT2D eigenvalue weighted by Gasteiger charge is -2.37. The molecule has 3 heterocycles. The van der Waals surface area contributed by atoms with Crippen LogP contribution >= 0.6 is 15.9 Å². The van der Waals surface area contributed by atoms with E-state index in [-0.39, 0.29) is 5.82 Å². The second-order valence-corrected chi connectivity index (χ2v) is 7.31. The average molecular weight is 434 g/mol. The number of hydrogen-bond acceptors (Lipinski definition) is 5. The van der Waals surface area contributed by atoms with E-state index < -0.39 is 12.0 Å². The SMILES string of the molecule is O=C(O)C(c1c[nH]c2cc(F)ccc12)N1CCN(c2ncc(Br)cn2)CC1. The Morgan fingerprint density at radius 2 is 1.93 bits per heavy atom. The predicted octanol–water partition coefficient (Wildman–Crippen LogP) is 2.81. The van der Waals surface area contributed by atoms with E-state index in [0.29, 0.717) is 43.2 Å². The third-order valence-corrected chi connectivity index (χ3v) is 5.18. The fourth-order valence-electron chi connectivity index (χ4n) is 3.48. The van der Waals surface area contributed by atoms with Crippen molar-refractivity contribution in [1.29, 1.82) is 0 Å². The molecule has 1 atom stereocenters. The molecule has 0 radical (unpaired) electrons. The Balaban J connectivity index is 1.55. The van der Waals surface area contributed by atoms with Gasteiger partial charge in [0.2, 0.25) is 5.95 Å². The maximum Gasteiger partial charge on any atom is 0.325 e. The number of aliphatic carboxylic acids is 1. The smallest absolute Gasteiger partial charge is 0.325 e. The molecule has 1 fully saturated rings. The first-order chi connectivity index (χ1) is 13.0. The van der Waals surface area contributed by atoms with Crippen molar-refractivity contribution in [2.45, 2.75) is 6.04 Å². The van der Waals surface area contributed by atoms with Crippen LogP contribution in [0.4, 0.5) is 10.3 Å². The number of H-pyrrole nitrogens is 1. The van der Waals surface area contributed by atoms with E-state index in [1.54, 1.807) is 24.7 Å². The van der Waals surface area contributed by atoms with Crippen LogP contribution in [-0.2, 0) is 4.79 Å². The monoisotopic (exact) mass is 433 g/mol. The summed E-state index contributed by atoms with van der Waals surface area (Å²) in [5, 5.41) is 10.6. The molecular weight excluding hydrogens is 417 g/mol. The molecule has 0 spiro atoms. The number of hydrogen-bond donors (Lipinski definition) is 2. The van der Waals surface area contributed by atoms with Crippen molar-refractivity contribution >= 4 is 38.8 Å². The highest BCUT2D eigenvalue weighted by Crippen LogP contribution is 2.30. The minimum Gasteiger partial charge on any atom is -0.480 e. The number of benzene rings is 1. The lowest BCUT2D eigenvalue weighted by molar-refractivity contribution is -0.143. The number of rotatable bonds is 4. The van der Waals surface area contributed by atoms with E-state index in [4.69, 9.17) is 0 Å². The summed E-state index contributed by atoms with van der Waals surface area (Å²) in [5.41, 5.74) is 1.24. The molecular formula is C18H17BrFN5O2. The third kappa shape index (κ3) is 3.52. The van der Waals surface area contributed by atoms with Crippen LogP contribution < -0.4 is 4.90 Å². The van der Waals surface area contributed by atoms with Crippen molar-refractivity contribution in [3.8, 4) is 0 Å². The quantitative estimate of drug-likeness (QED) is 0.657. The van der Waals surface area contributed by atoms with Crippen molar-refractivity contribution in [2.24, 2.45) is 0 Å². The summed E-state index contributed by atoms with van der Waals surface area (Å²) in [6.45, 7) is 2.37. The lowest BCUT2D eigenvalue weighted by atomic mass is 10.0. The molecule has 1 aromatic carbocycles. The number of fused-ring (bicyclic) bond motifs is 1. The Bertz CT molecular complexity index is 970. The molecule has 1 aliphatic rings. The van der Waals surface area contributed by atoms with Gasteiger partial charge in [0.1, 0.15) is 11.9 Å². The first kappa shape index (κ1) is 17.9. The molecule has 0 aliphatic carbocycles. The van der Waals surface area contributed by atoms with Crippen LogP contribution in [0.3, 0.4) is 0 Å². The summed E-state index contributed by atoms with van der Waals surface area (Å²) in [6, 6.07) is 3.55. The molecule has 140 valence electrons. The Kier molecular flexibility index (Phi) is 4.79. The molecule has 0 saturated carbocycles. The number of nitrogens with one attached hydrogen (secondary N) is 1. The maximum atomic E-state index is 13.4. The van der Waals surface area contributed by atoms with Gasteiger partial charge in [-0.1, -0.05) is 0 Å². The van der Waals surface area contributed by atoms with Crippen LogP contribution in [0.15, 0.2) is 41.3 Å². The average Bonchev–Trinajstić information content (AvgIpc) is 3.05. The topological polar surface area (TPSA) is 85.4 Å². The van der Waals surface area contributed by atoms with E-state index >= 15 is 0 Å². The first-order valence-electron chi connectivity index (χ1n) is 8.49. The highest BCUT2D eigenvalue weighted by atomic mass is 79.9. The predicted molar refractivity (Wildman–Crippen MR) is 102 cm³/mol. The van der Waals surface area contributed by atoms with Gasteiger partial charge in [0.25, 0.3) is 0 Å². The molecule has 27 heavy (non-hydrogen) atoms. The van der Waals surface area contributed by atoms with E-state index in [1.165, 1.54) is 12.1 Å². The number of carboxylic acid groups (broad SMARTS) is 1. The lowest BCUT2D eigenvalue weighted by Crippen LogP contribution is -2.49. The molecule has 9 heteroatoms. The zero-order valence-electron chi connectivity index (χ0n) is 14.3.